The molecule has 7 nitrogen and oxygen atoms in total. The Morgan fingerprint density at radius 2 is 2.33 bits per heavy atom. The second-order valence-electron chi connectivity index (χ2n) is 4.39. The number of amides is 1. The van der Waals surface area contributed by atoms with E-state index in [1.165, 1.54) is 4.90 Å². The minimum absolute atomic E-state index is 0.123. The van der Waals surface area contributed by atoms with Crippen molar-refractivity contribution in [3.05, 3.63) is 11.6 Å². The molecule has 0 saturated carbocycles. The number of likely N-dealkylation sites (tertiary alicyclic amines) is 1. The van der Waals surface area contributed by atoms with Crippen molar-refractivity contribution in [2.24, 2.45) is 5.92 Å². The van der Waals surface area contributed by atoms with Gasteiger partial charge in [0.15, 0.2) is 0 Å². The number of rotatable bonds is 3. The van der Waals surface area contributed by atoms with Crippen LogP contribution in [0.15, 0.2) is 0 Å². The third-order valence-corrected chi connectivity index (χ3v) is 3.12. The first-order valence-electron chi connectivity index (χ1n) is 6.05. The van der Waals surface area contributed by atoms with Crippen molar-refractivity contribution in [1.29, 1.82) is 0 Å². The highest BCUT2D eigenvalue weighted by atomic mass is 16.4. The molecule has 1 aliphatic rings. The lowest BCUT2D eigenvalue weighted by Gasteiger charge is -2.29. The highest BCUT2D eigenvalue weighted by molar-refractivity contribution is 5.90. The maximum absolute atomic E-state index is 12.1. The van der Waals surface area contributed by atoms with E-state index in [9.17, 15) is 9.59 Å². The lowest BCUT2D eigenvalue weighted by Crippen LogP contribution is -2.42. The zero-order valence-electron chi connectivity index (χ0n) is 10.2. The highest BCUT2D eigenvalue weighted by Gasteiger charge is 2.30. The van der Waals surface area contributed by atoms with Crippen LogP contribution in [-0.4, -0.2) is 50.2 Å². The van der Waals surface area contributed by atoms with Gasteiger partial charge in [-0.15, -0.1) is 5.10 Å². The Bertz CT molecular complexity index is 457. The normalized spacial score (nSPS) is 19.8. The number of hydrogen-bond acceptors (Lipinski definition) is 4. The smallest absolute Gasteiger partial charge is 0.308 e. The van der Waals surface area contributed by atoms with Crippen LogP contribution in [0.25, 0.3) is 0 Å². The molecule has 18 heavy (non-hydrogen) atoms. The topological polar surface area (TPSA) is 99.2 Å². The number of aliphatic carboxylic acids is 1. The number of aryl methyl sites for hydroxylation is 1. The van der Waals surface area contributed by atoms with Gasteiger partial charge in [-0.25, -0.2) is 4.98 Å². The van der Waals surface area contributed by atoms with Gasteiger partial charge >= 0.3 is 5.97 Å². The standard InChI is InChI=1S/C11H16N4O3/c1-2-8-12-9(14-13-8)10(16)15-5-3-4-7(6-15)11(17)18/h7H,2-6H2,1H3,(H,17,18)(H,12,13,14)/t7-/m0/s1. The Hall–Kier alpha value is -1.92. The summed E-state index contributed by atoms with van der Waals surface area (Å²) < 4.78 is 0. The lowest BCUT2D eigenvalue weighted by molar-refractivity contribution is -0.143. The van der Waals surface area contributed by atoms with E-state index in [0.717, 1.165) is 0 Å². The Balaban J connectivity index is 2.06. The van der Waals surface area contributed by atoms with Crippen LogP contribution in [0.2, 0.25) is 0 Å². The minimum atomic E-state index is -0.850. The number of H-pyrrole nitrogens is 1. The summed E-state index contributed by atoms with van der Waals surface area (Å²) in [4.78, 5) is 28.6. The molecule has 7 heteroatoms. The number of carboxylic acids is 1. The summed E-state index contributed by atoms with van der Waals surface area (Å²) in [5.74, 6) is -0.844. The molecule has 1 aromatic rings. The van der Waals surface area contributed by atoms with Crippen LogP contribution in [0.1, 0.15) is 36.2 Å². The first-order chi connectivity index (χ1) is 8.61. The van der Waals surface area contributed by atoms with E-state index in [2.05, 4.69) is 15.2 Å². The molecule has 1 amide bonds. The minimum Gasteiger partial charge on any atom is -0.481 e. The number of carbonyl (C=O) groups excluding carboxylic acids is 1. The average Bonchev–Trinajstić information content (AvgIpc) is 2.86. The molecule has 0 unspecified atom stereocenters. The molecular formula is C11H16N4O3. The van der Waals surface area contributed by atoms with Crippen molar-refractivity contribution >= 4 is 11.9 Å². The fraction of sp³-hybridized carbons (Fsp3) is 0.636. The zero-order chi connectivity index (χ0) is 13.1. The molecule has 1 atom stereocenters. The van der Waals surface area contributed by atoms with E-state index in [-0.39, 0.29) is 18.3 Å². The van der Waals surface area contributed by atoms with E-state index in [1.807, 2.05) is 6.92 Å². The Kier molecular flexibility index (Phi) is 3.59. The molecule has 0 radical (unpaired) electrons. The van der Waals surface area contributed by atoms with Gasteiger partial charge in [-0.2, -0.15) is 0 Å². The van der Waals surface area contributed by atoms with Crippen LogP contribution in [0.5, 0.6) is 0 Å². The van der Waals surface area contributed by atoms with Gasteiger partial charge in [0.1, 0.15) is 5.82 Å². The molecule has 2 N–H and O–H groups in total. The van der Waals surface area contributed by atoms with Crippen molar-refractivity contribution in [1.82, 2.24) is 20.1 Å². The van der Waals surface area contributed by atoms with E-state index in [4.69, 9.17) is 5.11 Å². The van der Waals surface area contributed by atoms with Gasteiger partial charge in [0.2, 0.25) is 5.82 Å². The number of nitrogens with zero attached hydrogens (tertiary/aromatic N) is 3. The third kappa shape index (κ3) is 2.49. The first kappa shape index (κ1) is 12.5. The number of carbonyl (C=O) groups is 2. The molecule has 2 rings (SSSR count). The number of hydrogen-bond donors (Lipinski definition) is 2. The SMILES string of the molecule is CCc1nc(C(=O)N2CCC[C@H](C(=O)O)C2)n[nH]1. The molecule has 1 saturated heterocycles. The predicted molar refractivity (Wildman–Crippen MR) is 62.0 cm³/mol. The Morgan fingerprint density at radius 1 is 1.56 bits per heavy atom. The van der Waals surface area contributed by atoms with Crippen molar-refractivity contribution in [2.45, 2.75) is 26.2 Å². The van der Waals surface area contributed by atoms with E-state index in [1.54, 1.807) is 0 Å². The number of aromatic nitrogens is 3. The second kappa shape index (κ2) is 5.16. The van der Waals surface area contributed by atoms with Gasteiger partial charge < -0.3 is 10.0 Å². The molecular weight excluding hydrogens is 236 g/mol. The molecule has 0 aromatic carbocycles. The molecule has 1 aliphatic heterocycles. The number of aromatic amines is 1. The van der Waals surface area contributed by atoms with Gasteiger partial charge in [-0.05, 0) is 12.8 Å². The van der Waals surface area contributed by atoms with Gasteiger partial charge in [0.05, 0.1) is 5.92 Å². The van der Waals surface area contributed by atoms with Gasteiger partial charge in [-0.3, -0.25) is 14.7 Å². The third-order valence-electron chi connectivity index (χ3n) is 3.12. The summed E-state index contributed by atoms with van der Waals surface area (Å²) in [5, 5.41) is 15.5. The van der Waals surface area contributed by atoms with Gasteiger partial charge in [0, 0.05) is 19.5 Å². The largest absolute Gasteiger partial charge is 0.481 e. The average molecular weight is 252 g/mol. The van der Waals surface area contributed by atoms with Gasteiger partial charge in [-0.1, -0.05) is 6.92 Å². The van der Waals surface area contributed by atoms with Crippen LogP contribution in [-0.2, 0) is 11.2 Å². The lowest BCUT2D eigenvalue weighted by atomic mass is 9.98. The maximum Gasteiger partial charge on any atom is 0.308 e. The quantitative estimate of drug-likeness (QED) is 0.806. The number of nitrogens with one attached hydrogen (secondary N) is 1. The Labute approximate surface area is 104 Å². The highest BCUT2D eigenvalue weighted by Crippen LogP contribution is 2.17. The van der Waals surface area contributed by atoms with Crippen LogP contribution in [0.3, 0.4) is 0 Å². The van der Waals surface area contributed by atoms with Crippen LogP contribution < -0.4 is 0 Å². The van der Waals surface area contributed by atoms with E-state index < -0.39 is 11.9 Å². The predicted octanol–water partition coefficient (Wildman–Crippen LogP) is 0.304. The first-order valence-corrected chi connectivity index (χ1v) is 6.05. The number of piperidine rings is 1. The maximum atomic E-state index is 12.1. The summed E-state index contributed by atoms with van der Waals surface area (Å²) in [5.41, 5.74) is 0. The van der Waals surface area contributed by atoms with E-state index >= 15 is 0 Å². The van der Waals surface area contributed by atoms with Crippen molar-refractivity contribution in [2.75, 3.05) is 13.1 Å². The molecule has 0 bridgehead atoms. The summed E-state index contributed by atoms with van der Waals surface area (Å²) in [7, 11) is 0. The number of carboxylic acid groups (broad SMARTS) is 1. The molecule has 2 heterocycles. The van der Waals surface area contributed by atoms with Crippen molar-refractivity contribution in [3.63, 3.8) is 0 Å². The summed E-state index contributed by atoms with van der Waals surface area (Å²) in [6.07, 6.45) is 2.00. The fourth-order valence-electron chi connectivity index (χ4n) is 2.05. The van der Waals surface area contributed by atoms with Crippen LogP contribution in [0.4, 0.5) is 0 Å². The van der Waals surface area contributed by atoms with Crippen molar-refractivity contribution < 1.29 is 14.7 Å². The molecule has 0 spiro atoms. The summed E-state index contributed by atoms with van der Waals surface area (Å²) in [6.45, 7) is 2.72. The monoisotopic (exact) mass is 252 g/mol. The van der Waals surface area contributed by atoms with Crippen LogP contribution >= 0.6 is 0 Å². The Morgan fingerprint density at radius 3 is 2.94 bits per heavy atom. The molecule has 1 aromatic heterocycles. The molecule has 1 fully saturated rings. The fourth-order valence-corrected chi connectivity index (χ4v) is 2.05. The van der Waals surface area contributed by atoms with E-state index in [0.29, 0.717) is 31.6 Å². The zero-order valence-corrected chi connectivity index (χ0v) is 10.2. The molecule has 98 valence electrons. The van der Waals surface area contributed by atoms with Gasteiger partial charge in [0.25, 0.3) is 5.91 Å². The summed E-state index contributed by atoms with van der Waals surface area (Å²) >= 11 is 0. The molecule has 0 aliphatic carbocycles. The van der Waals surface area contributed by atoms with Crippen molar-refractivity contribution in [3.8, 4) is 0 Å². The summed E-state index contributed by atoms with van der Waals surface area (Å²) in [6, 6.07) is 0. The second-order valence-corrected chi connectivity index (χ2v) is 4.39. The van der Waals surface area contributed by atoms with Crippen LogP contribution in [0, 0.1) is 5.92 Å².